The minimum atomic E-state index is -1.48. The Hall–Kier alpha value is -13.4. The first-order chi connectivity index (χ1) is 66.8. The van der Waals surface area contributed by atoms with E-state index in [-0.39, 0.29) is 50.9 Å². The molecule has 0 aliphatic carbocycles. The molecule has 0 N–H and O–H groups in total. The van der Waals surface area contributed by atoms with Crippen LogP contribution in [0.15, 0.2) is 357 Å². The fourth-order valence-corrected chi connectivity index (χ4v) is 17.2. The first-order valence-electron chi connectivity index (χ1n) is 51.5. The van der Waals surface area contributed by atoms with Crippen LogP contribution in [0.25, 0.3) is 94.3 Å². The van der Waals surface area contributed by atoms with Crippen molar-refractivity contribution in [3.8, 4) is 83.9 Å². The zero-order valence-corrected chi connectivity index (χ0v) is 64.4. The normalized spacial score (nSPS) is 16.4. The third-order valence-electron chi connectivity index (χ3n) is 22.7. The van der Waals surface area contributed by atoms with Gasteiger partial charge in [-0.25, -0.2) is 0 Å². The van der Waals surface area contributed by atoms with Crippen LogP contribution >= 0.6 is 0 Å². The van der Waals surface area contributed by atoms with E-state index in [0.717, 1.165) is 37.9 Å². The van der Waals surface area contributed by atoms with Crippen LogP contribution in [-0.4, -0.2) is 18.0 Å². The molecule has 16 aromatic carbocycles. The summed E-state index contributed by atoms with van der Waals surface area (Å²) in [5.41, 5.74) is 5.04. The lowest BCUT2D eigenvalue weighted by Gasteiger charge is -2.49. The van der Waals surface area contributed by atoms with Gasteiger partial charge in [-0.1, -0.05) is 317 Å². The number of nitrogens with zero attached hydrogens (tertiary/aromatic N) is 4. The Morgan fingerprint density at radius 3 is 1.39 bits per heavy atom. The molecule has 0 unspecified atom stereocenters. The van der Waals surface area contributed by atoms with Gasteiger partial charge in [0.05, 0.1) is 63.7 Å². The summed E-state index contributed by atoms with van der Waals surface area (Å²) >= 11 is 0. The Bertz CT molecular complexity index is 8280. The summed E-state index contributed by atoms with van der Waals surface area (Å²) < 4.78 is 266. The maximum Gasteiger partial charge on any atom is 0.256 e. The smallest absolute Gasteiger partial charge is 0.256 e. The molecule has 7 heteroatoms. The van der Waals surface area contributed by atoms with E-state index in [2.05, 4.69) is 104 Å². The molecule has 0 fully saturated rings. The van der Waals surface area contributed by atoms with Crippen molar-refractivity contribution in [3.63, 3.8) is 0 Å². The molecule has 5 heterocycles. The van der Waals surface area contributed by atoms with Crippen LogP contribution in [0.5, 0.6) is 11.5 Å². The molecule has 0 bridgehead atoms. The van der Waals surface area contributed by atoms with Gasteiger partial charge in [0.1, 0.15) is 11.5 Å². The summed E-state index contributed by atoms with van der Waals surface area (Å²) in [4.78, 5) is 5.74. The third kappa shape index (κ3) is 11.4. The highest BCUT2D eigenvalue weighted by atomic mass is 16.5. The SMILES string of the molecule is [2H]c1cc(N2c3cc([2H])c([2H])c([2H])c3B3c4ccccc4Oc4c3c2cc2c4N(c3c(-c4ccccc4)cc(C(C)(C)C)cc3-c3ccccc3)c3cc(C(C)(C)C)cc4c3B2c2c([2H])c([2H])c(-n3c5c([2H])c([2H])c([2H])c([2H])c5c5c([2H])c(-c6c([2H])c([2H])c([2H])c(-c7c([2H])c([2H])c([2H])c([2H])c7[2H])c6[2H])c([2H])c([2H])c53)c([2H])c2N4c2c(-c3ccccc3)cc(C(C)(C)C)cc2-c2ccccc2)c([2H])c([2H])c1[2H]. The molecule has 21 rings (SSSR count). The van der Waals surface area contributed by atoms with Crippen molar-refractivity contribution < 1.29 is 40.4 Å². The monoisotopic (exact) mass is 1500 g/mol. The van der Waals surface area contributed by atoms with E-state index in [9.17, 15) is 27.4 Å². The second-order valence-corrected chi connectivity index (χ2v) is 32.7. The van der Waals surface area contributed by atoms with Crippen molar-refractivity contribution >= 4 is 119 Å². The Kier molecular flexibility index (Phi) is 10.9. The number of ether oxygens (including phenoxy) is 1. The maximum atomic E-state index is 12.2. The van der Waals surface area contributed by atoms with Gasteiger partial charge in [-0.3, -0.25) is 0 Å². The van der Waals surface area contributed by atoms with Crippen molar-refractivity contribution in [2.75, 3.05) is 14.7 Å². The predicted octanol–water partition coefficient (Wildman–Crippen LogP) is 25.2. The number of hydrogen-bond acceptors (Lipinski definition) is 4. The molecule has 550 valence electrons. The molecule has 0 saturated carbocycles. The summed E-state index contributed by atoms with van der Waals surface area (Å²) in [5.74, 6) is 0.426. The average Bonchev–Trinajstić information content (AvgIpc) is 0.842. The summed E-state index contributed by atoms with van der Waals surface area (Å²) in [5, 5.41) is -1.10. The fraction of sp³-hybridized carbons (Fsp3) is 0.111. The van der Waals surface area contributed by atoms with E-state index in [1.165, 1.54) is 12.1 Å². The van der Waals surface area contributed by atoms with Crippen molar-refractivity contribution in [1.29, 1.82) is 0 Å². The first kappa shape index (κ1) is 47.2. The first-order valence-corrected chi connectivity index (χ1v) is 38.5. The van der Waals surface area contributed by atoms with E-state index in [0.29, 0.717) is 78.4 Å². The minimum Gasteiger partial charge on any atom is -0.456 e. The maximum absolute atomic E-state index is 12.2. The van der Waals surface area contributed by atoms with Gasteiger partial charge in [-0.05, 0) is 213 Å². The minimum absolute atomic E-state index is 0.0483. The highest BCUT2D eigenvalue weighted by Crippen LogP contribution is 2.58. The van der Waals surface area contributed by atoms with Gasteiger partial charge in [0.15, 0.2) is 0 Å². The lowest BCUT2D eigenvalue weighted by molar-refractivity contribution is 0.489. The van der Waals surface area contributed by atoms with Crippen LogP contribution in [0.2, 0.25) is 0 Å². The molecule has 0 amide bonds. The number of anilines is 9. The number of rotatable bonds is 10. The van der Waals surface area contributed by atoms with Gasteiger partial charge in [-0.2, -0.15) is 0 Å². The summed E-state index contributed by atoms with van der Waals surface area (Å²) in [7, 11) is 0. The predicted molar refractivity (Wildman–Crippen MR) is 489 cm³/mol. The molecule has 0 spiro atoms. The number of benzene rings is 16. The molecular weight excluding hydrogens is 1390 g/mol. The standard InChI is InChI=1S/C108H86B2N4O/c1-106(2,3)77-61-83(70-37-18-11-19-38-70)102(84(62-77)71-39-20-12-21-40-71)113-95-67-81(112-92-52-31-28-49-82(92)87-60-76(55-58-93(87)112)75-46-34-45-74(59-75)69-35-16-10-17-36-69)56-57-89(95)110-91-68-98-101-105(115-99-54-33-30-51-90(99)109(101)88-50-29-32-53-94(88)111(98)80-47-26-15-27-48-80)104(91)114(97-66-79(108(7,8)9)65-96(113)100(97)110)103-85(72-41-22-13-23-42-72)63-78(107(4,5)6)64-86(103)73-43-24-14-25-44-73/h10-68H,1-9H3/i10D,15D,16D,17D,26D,27D,28D,29D,31D,32D,34D,35D,36D,45D,46D,47D,49D,50D,52D,55D,56D,57D,58D,59D,60D,67D. The van der Waals surface area contributed by atoms with E-state index >= 15 is 0 Å². The van der Waals surface area contributed by atoms with E-state index < -0.39 is 230 Å². The van der Waals surface area contributed by atoms with Gasteiger partial charge in [0, 0.05) is 72.8 Å². The zero-order chi connectivity index (χ0) is 100. The Balaban J connectivity index is 1.01. The van der Waals surface area contributed by atoms with Gasteiger partial charge in [-0.15, -0.1) is 0 Å². The Labute approximate surface area is 712 Å². The van der Waals surface area contributed by atoms with Crippen LogP contribution in [0, 0.1) is 0 Å². The Morgan fingerprint density at radius 1 is 0.287 bits per heavy atom. The molecule has 0 atom stereocenters. The van der Waals surface area contributed by atoms with Gasteiger partial charge in [0.25, 0.3) is 13.4 Å². The second kappa shape index (κ2) is 26.7. The molecule has 0 radical (unpaired) electrons. The van der Waals surface area contributed by atoms with Crippen LogP contribution < -0.4 is 52.2 Å². The van der Waals surface area contributed by atoms with Crippen molar-refractivity contribution in [2.24, 2.45) is 0 Å². The van der Waals surface area contributed by atoms with Crippen LogP contribution in [0.1, 0.15) is 115 Å². The average molecular weight is 1500 g/mol. The van der Waals surface area contributed by atoms with Crippen LogP contribution in [0.3, 0.4) is 0 Å². The van der Waals surface area contributed by atoms with Crippen molar-refractivity contribution in [3.05, 3.63) is 374 Å². The topological polar surface area (TPSA) is 23.9 Å². The number of fused-ring (bicyclic) bond motifs is 12. The molecule has 5 nitrogen and oxygen atoms in total. The largest absolute Gasteiger partial charge is 0.456 e. The summed E-state index contributed by atoms with van der Waals surface area (Å²) in [6.45, 7) is 16.4. The fourth-order valence-electron chi connectivity index (χ4n) is 17.2. The van der Waals surface area contributed by atoms with Crippen molar-refractivity contribution in [2.45, 2.75) is 78.6 Å². The van der Waals surface area contributed by atoms with E-state index in [1.54, 1.807) is 11.0 Å². The van der Waals surface area contributed by atoms with Gasteiger partial charge < -0.3 is 24.0 Å². The van der Waals surface area contributed by atoms with Crippen LogP contribution in [-0.2, 0) is 16.2 Å². The summed E-state index contributed by atoms with van der Waals surface area (Å²) in [6.07, 6.45) is 0. The lowest BCUT2D eigenvalue weighted by Crippen LogP contribution is -2.64. The molecule has 4 aliphatic rings. The third-order valence-corrected chi connectivity index (χ3v) is 22.7. The number of hydrogen-bond donors (Lipinski definition) is 0. The molecule has 1 aromatic heterocycles. The Morgan fingerprint density at radius 2 is 0.765 bits per heavy atom. The highest BCUT2D eigenvalue weighted by molar-refractivity contribution is 7.02. The lowest BCUT2D eigenvalue weighted by atomic mass is 9.31. The molecule has 115 heavy (non-hydrogen) atoms. The van der Waals surface area contributed by atoms with Crippen LogP contribution in [0.4, 0.5) is 51.2 Å². The van der Waals surface area contributed by atoms with Gasteiger partial charge in [0.2, 0.25) is 0 Å². The highest BCUT2D eigenvalue weighted by Gasteiger charge is 2.52. The van der Waals surface area contributed by atoms with E-state index in [1.807, 2.05) is 150 Å². The summed E-state index contributed by atoms with van der Waals surface area (Å²) in [6, 6.07) is 43.9. The van der Waals surface area contributed by atoms with Crippen molar-refractivity contribution in [1.82, 2.24) is 4.57 Å². The quantitative estimate of drug-likeness (QED) is 0.127. The number of para-hydroxylation sites is 4. The zero-order valence-electron chi connectivity index (χ0n) is 90.4. The molecular formula is C108H86B2N4O. The van der Waals surface area contributed by atoms with E-state index in [4.69, 9.17) is 13.0 Å². The number of aromatic nitrogens is 1. The second-order valence-electron chi connectivity index (χ2n) is 32.7. The van der Waals surface area contributed by atoms with Gasteiger partial charge >= 0.3 is 0 Å². The molecule has 4 aliphatic heterocycles. The molecule has 17 aromatic rings. The molecule has 0 saturated heterocycles.